The average Bonchev–Trinajstić information content (AvgIpc) is 2.51. The molecule has 2 aliphatic heterocycles. The van der Waals surface area contributed by atoms with Crippen LogP contribution in [0, 0.1) is 0 Å². The molecule has 0 radical (unpaired) electrons. The van der Waals surface area contributed by atoms with Crippen molar-refractivity contribution >= 4 is 41.4 Å². The molecule has 1 amide bonds. The maximum Gasteiger partial charge on any atom is 0.353 e. The number of aliphatic carboxylic acids is 1. The monoisotopic (exact) mass is 342 g/mol. The van der Waals surface area contributed by atoms with Crippen LogP contribution in [0.25, 0.3) is 0 Å². The maximum absolute atomic E-state index is 11.7. The molecule has 0 aromatic carbocycles. The van der Waals surface area contributed by atoms with E-state index in [2.05, 4.69) is 6.58 Å². The average molecular weight is 342 g/mol. The SMILES string of the molecule is C=CCOC(=O)/C=C\SC1=C(C(=O)O)N2C(=O)[C@@H](N)[C@@H]2SC1. The van der Waals surface area contributed by atoms with Crippen LogP contribution >= 0.6 is 23.5 Å². The Hall–Kier alpha value is -1.71. The van der Waals surface area contributed by atoms with E-state index in [4.69, 9.17) is 10.5 Å². The molecule has 0 saturated carbocycles. The molecule has 1 saturated heterocycles. The Morgan fingerprint density at radius 3 is 2.95 bits per heavy atom. The molecule has 2 atom stereocenters. The van der Waals surface area contributed by atoms with Gasteiger partial charge in [0.05, 0.1) is 0 Å². The van der Waals surface area contributed by atoms with Gasteiger partial charge in [-0.3, -0.25) is 9.69 Å². The third-order valence-corrected chi connectivity index (χ3v) is 5.31. The van der Waals surface area contributed by atoms with Crippen molar-refractivity contribution in [2.75, 3.05) is 12.4 Å². The lowest BCUT2D eigenvalue weighted by atomic mass is 10.1. The number of carboxylic acid groups (broad SMARTS) is 1. The van der Waals surface area contributed by atoms with Crippen LogP contribution in [0.5, 0.6) is 0 Å². The zero-order chi connectivity index (χ0) is 16.3. The number of ether oxygens (including phenoxy) is 1. The minimum Gasteiger partial charge on any atom is -0.477 e. The second-order valence-electron chi connectivity index (χ2n) is 4.35. The number of nitrogens with two attached hydrogens (primary N) is 1. The van der Waals surface area contributed by atoms with Gasteiger partial charge >= 0.3 is 11.9 Å². The highest BCUT2D eigenvalue weighted by atomic mass is 32.2. The molecule has 0 aromatic heterocycles. The predicted molar refractivity (Wildman–Crippen MR) is 83.6 cm³/mol. The molecule has 2 aliphatic rings. The van der Waals surface area contributed by atoms with E-state index < -0.39 is 23.9 Å². The predicted octanol–water partition coefficient (Wildman–Crippen LogP) is 0.501. The van der Waals surface area contributed by atoms with Gasteiger partial charge in [0.2, 0.25) is 5.91 Å². The third-order valence-electron chi connectivity index (χ3n) is 2.93. The van der Waals surface area contributed by atoms with Crippen molar-refractivity contribution in [1.82, 2.24) is 4.90 Å². The summed E-state index contributed by atoms with van der Waals surface area (Å²) in [5, 5.41) is 10.4. The fraction of sp³-hybridized carbons (Fsp3) is 0.308. The normalized spacial score (nSPS) is 24.0. The van der Waals surface area contributed by atoms with E-state index in [1.165, 1.54) is 34.2 Å². The van der Waals surface area contributed by atoms with Crippen LogP contribution < -0.4 is 5.73 Å². The second kappa shape index (κ2) is 7.03. The molecule has 0 aliphatic carbocycles. The number of amides is 1. The number of carboxylic acids is 1. The van der Waals surface area contributed by atoms with Gasteiger partial charge in [0.25, 0.3) is 0 Å². The van der Waals surface area contributed by atoms with E-state index in [1.807, 2.05) is 0 Å². The van der Waals surface area contributed by atoms with Gasteiger partial charge in [-0.2, -0.15) is 0 Å². The van der Waals surface area contributed by atoms with Gasteiger partial charge in [-0.25, -0.2) is 9.59 Å². The van der Waals surface area contributed by atoms with Gasteiger partial charge in [-0.15, -0.1) is 11.8 Å². The van der Waals surface area contributed by atoms with Crippen molar-refractivity contribution in [3.63, 3.8) is 0 Å². The zero-order valence-corrected chi connectivity index (χ0v) is 13.1. The summed E-state index contributed by atoms with van der Waals surface area (Å²) in [4.78, 5) is 36.1. The van der Waals surface area contributed by atoms with Gasteiger partial charge < -0.3 is 15.6 Å². The van der Waals surface area contributed by atoms with Crippen LogP contribution in [0.1, 0.15) is 0 Å². The number of β-lactam (4-membered cyclic amide) rings is 1. The standard InChI is InChI=1S/C13H14N2O5S2/c1-2-4-20-8(16)3-5-21-7-6-22-12-9(14)11(17)15(12)10(7)13(18)19/h2-3,5,9,12H,1,4,6,14H2,(H,18,19)/b5-3-/t9-,12+/m1/s1. The summed E-state index contributed by atoms with van der Waals surface area (Å²) in [6, 6.07) is -0.657. The lowest BCUT2D eigenvalue weighted by Crippen LogP contribution is -2.68. The van der Waals surface area contributed by atoms with Gasteiger partial charge in [0.15, 0.2) is 0 Å². The van der Waals surface area contributed by atoms with Crippen LogP contribution in [-0.2, 0) is 19.1 Å². The summed E-state index contributed by atoms with van der Waals surface area (Å²) >= 11 is 2.48. The zero-order valence-electron chi connectivity index (χ0n) is 11.4. The fourth-order valence-electron chi connectivity index (χ4n) is 1.94. The van der Waals surface area contributed by atoms with Gasteiger partial charge in [-0.1, -0.05) is 24.4 Å². The summed E-state index contributed by atoms with van der Waals surface area (Å²) in [5.74, 6) is -1.72. The van der Waals surface area contributed by atoms with Gasteiger partial charge in [0.1, 0.15) is 23.7 Å². The van der Waals surface area contributed by atoms with E-state index in [0.29, 0.717) is 10.7 Å². The number of rotatable bonds is 6. The number of nitrogens with zero attached hydrogens (tertiary/aromatic N) is 1. The minimum atomic E-state index is -1.18. The first-order chi connectivity index (χ1) is 10.5. The smallest absolute Gasteiger partial charge is 0.353 e. The molecule has 0 aromatic rings. The maximum atomic E-state index is 11.7. The number of thioether (sulfide) groups is 2. The number of carbonyl (C=O) groups is 3. The van der Waals surface area contributed by atoms with E-state index >= 15 is 0 Å². The van der Waals surface area contributed by atoms with Crippen molar-refractivity contribution in [2.24, 2.45) is 5.73 Å². The van der Waals surface area contributed by atoms with Crippen LogP contribution in [0.3, 0.4) is 0 Å². The van der Waals surface area contributed by atoms with Gasteiger partial charge in [-0.05, 0) is 5.41 Å². The van der Waals surface area contributed by atoms with E-state index in [0.717, 1.165) is 11.8 Å². The summed E-state index contributed by atoms with van der Waals surface area (Å²) < 4.78 is 4.76. The molecule has 9 heteroatoms. The molecule has 22 heavy (non-hydrogen) atoms. The Kier molecular flexibility index (Phi) is 5.33. The molecule has 118 valence electrons. The summed E-state index contributed by atoms with van der Waals surface area (Å²) in [6.07, 6.45) is 2.64. The molecular weight excluding hydrogens is 328 g/mol. The highest BCUT2D eigenvalue weighted by Crippen LogP contribution is 2.42. The van der Waals surface area contributed by atoms with E-state index in [9.17, 15) is 19.5 Å². The number of fused-ring (bicyclic) bond motifs is 1. The summed E-state index contributed by atoms with van der Waals surface area (Å²) in [6.45, 7) is 3.53. The van der Waals surface area contributed by atoms with Crippen LogP contribution in [0.4, 0.5) is 0 Å². The molecule has 2 heterocycles. The number of carbonyl (C=O) groups excluding carboxylic acids is 2. The topological polar surface area (TPSA) is 110 Å². The van der Waals surface area contributed by atoms with Crippen LogP contribution in [0.2, 0.25) is 0 Å². The van der Waals surface area contributed by atoms with Crippen molar-refractivity contribution in [3.8, 4) is 0 Å². The molecule has 7 nitrogen and oxygen atoms in total. The van der Waals surface area contributed by atoms with Crippen molar-refractivity contribution in [3.05, 3.63) is 34.7 Å². The Bertz CT molecular complexity index is 587. The molecular formula is C13H14N2O5S2. The lowest BCUT2D eigenvalue weighted by molar-refractivity contribution is -0.147. The second-order valence-corrected chi connectivity index (χ2v) is 6.46. The highest BCUT2D eigenvalue weighted by Gasteiger charge is 2.51. The molecule has 0 unspecified atom stereocenters. The van der Waals surface area contributed by atoms with Crippen LogP contribution in [-0.4, -0.2) is 51.6 Å². The first-order valence-electron chi connectivity index (χ1n) is 6.25. The Morgan fingerprint density at radius 2 is 2.32 bits per heavy atom. The van der Waals surface area contributed by atoms with Crippen molar-refractivity contribution in [1.29, 1.82) is 0 Å². The number of esters is 1. The minimum absolute atomic E-state index is 0.0652. The first-order valence-corrected chi connectivity index (χ1v) is 8.17. The Labute approximate surface area is 135 Å². The summed E-state index contributed by atoms with van der Waals surface area (Å²) in [7, 11) is 0. The largest absolute Gasteiger partial charge is 0.477 e. The van der Waals surface area contributed by atoms with Crippen molar-refractivity contribution in [2.45, 2.75) is 11.4 Å². The number of hydrogen-bond acceptors (Lipinski definition) is 7. The van der Waals surface area contributed by atoms with Gasteiger partial charge in [0, 0.05) is 16.7 Å². The Morgan fingerprint density at radius 1 is 1.59 bits per heavy atom. The molecule has 0 bridgehead atoms. The summed E-state index contributed by atoms with van der Waals surface area (Å²) in [5.41, 5.74) is 5.59. The molecule has 1 fully saturated rings. The van der Waals surface area contributed by atoms with Crippen molar-refractivity contribution < 1.29 is 24.2 Å². The highest BCUT2D eigenvalue weighted by molar-refractivity contribution is 8.08. The quantitative estimate of drug-likeness (QED) is 0.311. The number of hydrogen-bond donors (Lipinski definition) is 2. The van der Waals surface area contributed by atoms with E-state index in [-0.39, 0.29) is 17.7 Å². The molecule has 2 rings (SSSR count). The van der Waals surface area contributed by atoms with Crippen LogP contribution in [0.15, 0.2) is 34.7 Å². The Balaban J connectivity index is 2.09. The lowest BCUT2D eigenvalue weighted by Gasteiger charge is -2.47. The van der Waals surface area contributed by atoms with E-state index in [1.54, 1.807) is 0 Å². The third kappa shape index (κ3) is 3.21. The fourth-order valence-corrected chi connectivity index (χ4v) is 4.20. The molecule has 0 spiro atoms. The first kappa shape index (κ1) is 16.7. The molecule has 3 N–H and O–H groups in total.